The van der Waals surface area contributed by atoms with E-state index in [4.69, 9.17) is 4.42 Å². The summed E-state index contributed by atoms with van der Waals surface area (Å²) in [6.07, 6.45) is 3.75. The van der Waals surface area contributed by atoms with Gasteiger partial charge in [0, 0.05) is 12.5 Å². The van der Waals surface area contributed by atoms with Crippen LogP contribution in [0, 0.1) is 5.92 Å². The monoisotopic (exact) mass is 261 g/mol. The maximum Gasteiger partial charge on any atom is 0.223 e. The zero-order valence-corrected chi connectivity index (χ0v) is 10.8. The summed E-state index contributed by atoms with van der Waals surface area (Å²) >= 11 is 1.66. The Balaban J connectivity index is 1.71. The van der Waals surface area contributed by atoms with E-state index in [0.717, 1.165) is 18.6 Å². The van der Waals surface area contributed by atoms with Gasteiger partial charge >= 0.3 is 0 Å². The highest BCUT2D eigenvalue weighted by Gasteiger charge is 2.30. The van der Waals surface area contributed by atoms with E-state index >= 15 is 0 Å². The molecule has 4 heteroatoms. The summed E-state index contributed by atoms with van der Waals surface area (Å²) in [5, 5.41) is 7.18. The lowest BCUT2D eigenvalue weighted by molar-refractivity contribution is -0.122. The van der Waals surface area contributed by atoms with Crippen LogP contribution < -0.4 is 5.32 Å². The summed E-state index contributed by atoms with van der Waals surface area (Å²) < 4.78 is 5.48. The van der Waals surface area contributed by atoms with Crippen molar-refractivity contribution < 1.29 is 9.21 Å². The van der Waals surface area contributed by atoms with Gasteiger partial charge in [0.05, 0.1) is 12.2 Å². The van der Waals surface area contributed by atoms with Crippen LogP contribution in [0.4, 0.5) is 0 Å². The molecule has 0 radical (unpaired) electrons. The molecule has 1 N–H and O–H groups in total. The first-order chi connectivity index (χ1) is 8.84. The smallest absolute Gasteiger partial charge is 0.223 e. The van der Waals surface area contributed by atoms with Gasteiger partial charge in [0.2, 0.25) is 5.91 Å². The summed E-state index contributed by atoms with van der Waals surface area (Å²) in [5.74, 6) is 1.46. The van der Waals surface area contributed by atoms with Gasteiger partial charge in [-0.15, -0.1) is 0 Å². The Hall–Kier alpha value is -1.55. The fraction of sp³-hybridized carbons (Fsp3) is 0.357. The highest BCUT2D eigenvalue weighted by molar-refractivity contribution is 7.08. The predicted octanol–water partition coefficient (Wildman–Crippen LogP) is 3.00. The number of furan rings is 1. The molecule has 2 aromatic heterocycles. The van der Waals surface area contributed by atoms with Crippen molar-refractivity contribution in [1.82, 2.24) is 5.32 Å². The van der Waals surface area contributed by atoms with Gasteiger partial charge in [-0.05, 0) is 47.4 Å². The van der Waals surface area contributed by atoms with Crippen LogP contribution in [0.25, 0.3) is 0 Å². The molecular weight excluding hydrogens is 246 g/mol. The van der Waals surface area contributed by atoms with E-state index in [2.05, 4.69) is 16.8 Å². The Kier molecular flexibility index (Phi) is 3.19. The molecule has 3 rings (SSSR count). The zero-order valence-electron chi connectivity index (χ0n) is 9.96. The molecule has 0 aromatic carbocycles. The largest absolute Gasteiger partial charge is 0.469 e. The number of hydrogen-bond acceptors (Lipinski definition) is 3. The van der Waals surface area contributed by atoms with Crippen LogP contribution in [0.2, 0.25) is 0 Å². The molecule has 0 spiro atoms. The van der Waals surface area contributed by atoms with Crippen LogP contribution in [0.5, 0.6) is 0 Å². The Morgan fingerprint density at radius 1 is 1.50 bits per heavy atom. The molecule has 3 nitrogen and oxygen atoms in total. The van der Waals surface area contributed by atoms with Gasteiger partial charge in [-0.2, -0.15) is 11.3 Å². The van der Waals surface area contributed by atoms with Crippen molar-refractivity contribution in [2.45, 2.75) is 18.8 Å². The minimum atomic E-state index is 0.119. The molecule has 1 amide bonds. The van der Waals surface area contributed by atoms with E-state index in [1.165, 1.54) is 5.56 Å². The van der Waals surface area contributed by atoms with Gasteiger partial charge in [0.1, 0.15) is 5.76 Å². The summed E-state index contributed by atoms with van der Waals surface area (Å²) in [7, 11) is 0. The Bertz CT molecular complexity index is 466. The van der Waals surface area contributed by atoms with E-state index in [1.54, 1.807) is 17.6 Å². The molecule has 1 unspecified atom stereocenters. The summed E-state index contributed by atoms with van der Waals surface area (Å²) in [6.45, 7) is 0.611. The summed E-state index contributed by atoms with van der Waals surface area (Å²) in [4.78, 5) is 11.7. The molecule has 1 atom stereocenters. The SMILES string of the molecule is O=C(NCC(c1ccsc1)c1ccco1)C1CC1. The van der Waals surface area contributed by atoms with Crippen LogP contribution in [-0.2, 0) is 4.79 Å². The lowest BCUT2D eigenvalue weighted by atomic mass is 9.99. The first-order valence-electron chi connectivity index (χ1n) is 6.18. The highest BCUT2D eigenvalue weighted by atomic mass is 32.1. The quantitative estimate of drug-likeness (QED) is 0.899. The average Bonchev–Trinajstić information content (AvgIpc) is 2.89. The molecule has 0 bridgehead atoms. The molecule has 0 saturated heterocycles. The number of rotatable bonds is 5. The normalized spacial score (nSPS) is 16.4. The van der Waals surface area contributed by atoms with Crippen molar-refractivity contribution in [3.05, 3.63) is 46.5 Å². The maximum absolute atomic E-state index is 11.7. The van der Waals surface area contributed by atoms with Crippen molar-refractivity contribution >= 4 is 17.2 Å². The number of carbonyl (C=O) groups excluding carboxylic acids is 1. The number of hydrogen-bond donors (Lipinski definition) is 1. The van der Waals surface area contributed by atoms with E-state index in [0.29, 0.717) is 6.54 Å². The molecule has 1 saturated carbocycles. The molecule has 94 valence electrons. The van der Waals surface area contributed by atoms with Crippen LogP contribution >= 0.6 is 11.3 Å². The number of carbonyl (C=O) groups is 1. The minimum Gasteiger partial charge on any atom is -0.469 e. The third kappa shape index (κ3) is 2.48. The number of amides is 1. The molecule has 18 heavy (non-hydrogen) atoms. The van der Waals surface area contributed by atoms with Crippen LogP contribution in [-0.4, -0.2) is 12.5 Å². The van der Waals surface area contributed by atoms with Gasteiger partial charge in [-0.1, -0.05) is 0 Å². The van der Waals surface area contributed by atoms with E-state index in [1.807, 2.05) is 17.5 Å². The molecule has 1 aliphatic carbocycles. The summed E-state index contributed by atoms with van der Waals surface area (Å²) in [6, 6.07) is 5.93. The molecular formula is C14H15NO2S. The molecule has 1 fully saturated rings. The fourth-order valence-corrected chi connectivity index (χ4v) is 2.75. The standard InChI is InChI=1S/C14H15NO2S/c16-14(10-3-4-10)15-8-12(11-5-7-18-9-11)13-2-1-6-17-13/h1-2,5-7,9-10,12H,3-4,8H2,(H,15,16). The van der Waals surface area contributed by atoms with E-state index < -0.39 is 0 Å². The van der Waals surface area contributed by atoms with Gasteiger partial charge in [-0.25, -0.2) is 0 Å². The molecule has 2 heterocycles. The van der Waals surface area contributed by atoms with Crippen LogP contribution in [0.1, 0.15) is 30.1 Å². The summed E-state index contributed by atoms with van der Waals surface area (Å²) in [5.41, 5.74) is 1.20. The van der Waals surface area contributed by atoms with Crippen molar-refractivity contribution in [2.24, 2.45) is 5.92 Å². The van der Waals surface area contributed by atoms with Gasteiger partial charge in [0.15, 0.2) is 0 Å². The molecule has 1 aliphatic rings. The Morgan fingerprint density at radius 2 is 2.39 bits per heavy atom. The lowest BCUT2D eigenvalue weighted by Gasteiger charge is -2.14. The molecule has 2 aromatic rings. The van der Waals surface area contributed by atoms with E-state index in [-0.39, 0.29) is 17.7 Å². The second-order valence-corrected chi connectivity index (χ2v) is 5.42. The van der Waals surface area contributed by atoms with Gasteiger partial charge in [-0.3, -0.25) is 4.79 Å². The maximum atomic E-state index is 11.7. The van der Waals surface area contributed by atoms with Gasteiger partial charge < -0.3 is 9.73 Å². The minimum absolute atomic E-state index is 0.119. The Morgan fingerprint density at radius 3 is 3.00 bits per heavy atom. The molecule has 0 aliphatic heterocycles. The van der Waals surface area contributed by atoms with E-state index in [9.17, 15) is 4.79 Å². The second-order valence-electron chi connectivity index (χ2n) is 4.64. The topological polar surface area (TPSA) is 42.2 Å². The zero-order chi connectivity index (χ0) is 12.4. The second kappa shape index (κ2) is 4.98. The highest BCUT2D eigenvalue weighted by Crippen LogP contribution is 2.30. The van der Waals surface area contributed by atoms with Crippen molar-refractivity contribution in [1.29, 1.82) is 0 Å². The number of thiophene rings is 1. The van der Waals surface area contributed by atoms with Crippen molar-refractivity contribution in [3.63, 3.8) is 0 Å². The first-order valence-corrected chi connectivity index (χ1v) is 7.12. The third-order valence-electron chi connectivity index (χ3n) is 3.26. The number of nitrogens with one attached hydrogen (secondary N) is 1. The first kappa shape index (κ1) is 11.5. The average molecular weight is 261 g/mol. The van der Waals surface area contributed by atoms with Crippen molar-refractivity contribution in [3.8, 4) is 0 Å². The Labute approximate surface area is 110 Å². The van der Waals surface area contributed by atoms with Crippen molar-refractivity contribution in [2.75, 3.05) is 6.54 Å². The lowest BCUT2D eigenvalue weighted by Crippen LogP contribution is -2.29. The third-order valence-corrected chi connectivity index (χ3v) is 3.96. The van der Waals surface area contributed by atoms with Gasteiger partial charge in [0.25, 0.3) is 0 Å². The predicted molar refractivity (Wildman–Crippen MR) is 70.6 cm³/mol. The fourth-order valence-electron chi connectivity index (χ4n) is 2.04. The van der Waals surface area contributed by atoms with Crippen LogP contribution in [0.15, 0.2) is 39.6 Å². The van der Waals surface area contributed by atoms with Crippen LogP contribution in [0.3, 0.4) is 0 Å².